The van der Waals surface area contributed by atoms with Gasteiger partial charge in [0.25, 0.3) is 5.91 Å². The highest BCUT2D eigenvalue weighted by atomic mass is 19.3. The molecule has 0 aliphatic heterocycles. The summed E-state index contributed by atoms with van der Waals surface area (Å²) in [7, 11) is 0. The molecule has 0 radical (unpaired) electrons. The van der Waals surface area contributed by atoms with Gasteiger partial charge in [-0.1, -0.05) is 12.1 Å². The van der Waals surface area contributed by atoms with Crippen molar-refractivity contribution >= 4 is 29.0 Å². The molecule has 2 rings (SSSR count). The second-order valence-corrected chi connectivity index (χ2v) is 5.38. The first-order chi connectivity index (χ1) is 12.4. The summed E-state index contributed by atoms with van der Waals surface area (Å²) in [5, 5.41) is 5.65. The van der Waals surface area contributed by atoms with Gasteiger partial charge in [-0.25, -0.2) is 18.6 Å². The second-order valence-electron chi connectivity index (χ2n) is 5.38. The molecule has 1 aromatic carbocycles. The van der Waals surface area contributed by atoms with Gasteiger partial charge in [0, 0.05) is 30.9 Å². The van der Waals surface area contributed by atoms with Crippen molar-refractivity contribution in [2.75, 3.05) is 17.2 Å². The van der Waals surface area contributed by atoms with Crippen LogP contribution in [0.5, 0.6) is 0 Å². The summed E-state index contributed by atoms with van der Waals surface area (Å²) < 4.78 is 24.6. The van der Waals surface area contributed by atoms with E-state index >= 15 is 0 Å². The van der Waals surface area contributed by atoms with Crippen LogP contribution in [-0.4, -0.2) is 34.9 Å². The number of nitrogens with one attached hydrogen (secondary N) is 2. The van der Waals surface area contributed by atoms with Gasteiger partial charge in [-0.05, 0) is 12.1 Å². The summed E-state index contributed by atoms with van der Waals surface area (Å²) >= 11 is 0. The van der Waals surface area contributed by atoms with Crippen LogP contribution >= 0.6 is 0 Å². The third-order valence-electron chi connectivity index (χ3n) is 3.30. The Morgan fingerprint density at radius 3 is 2.81 bits per heavy atom. The van der Waals surface area contributed by atoms with Crippen LogP contribution in [0.4, 0.5) is 31.9 Å². The zero-order valence-electron chi connectivity index (χ0n) is 13.6. The Kier molecular flexibility index (Phi) is 6.35. The molecule has 0 bridgehead atoms. The van der Waals surface area contributed by atoms with Crippen LogP contribution in [0, 0.1) is 6.57 Å². The van der Waals surface area contributed by atoms with E-state index in [0.717, 1.165) is 0 Å². The van der Waals surface area contributed by atoms with E-state index in [1.807, 2.05) is 0 Å². The first-order valence-electron chi connectivity index (χ1n) is 7.58. The molecule has 0 spiro atoms. The van der Waals surface area contributed by atoms with E-state index in [2.05, 4.69) is 25.4 Å². The van der Waals surface area contributed by atoms with Gasteiger partial charge in [-0.2, -0.15) is 4.98 Å². The molecule has 2 aromatic rings. The lowest BCUT2D eigenvalue weighted by Gasteiger charge is -2.14. The van der Waals surface area contributed by atoms with Crippen molar-refractivity contribution in [3.8, 4) is 0 Å². The maximum Gasteiger partial charge on any atom is 0.254 e. The predicted octanol–water partition coefficient (Wildman–Crippen LogP) is 2.26. The molecule has 6 N–H and O–H groups in total. The third kappa shape index (κ3) is 5.35. The Balaban J connectivity index is 2.20. The number of amides is 1. The molecular weight excluding hydrogens is 344 g/mol. The Hall–Kier alpha value is -3.32. The minimum Gasteiger partial charge on any atom is -0.365 e. The van der Waals surface area contributed by atoms with Crippen molar-refractivity contribution in [3.63, 3.8) is 0 Å². The summed E-state index contributed by atoms with van der Waals surface area (Å²) in [6.45, 7) is 7.06. The molecule has 0 aliphatic rings. The number of aromatic nitrogens is 2. The first kappa shape index (κ1) is 19.0. The lowest BCUT2D eigenvalue weighted by Crippen LogP contribution is -2.31. The Bertz CT molecular complexity index is 822. The van der Waals surface area contributed by atoms with Gasteiger partial charge in [0.1, 0.15) is 11.4 Å². The lowest BCUT2D eigenvalue weighted by molar-refractivity contribution is 0.100. The molecule has 0 saturated carbocycles. The second kappa shape index (κ2) is 8.68. The molecular formula is C16H17F2N7O. The molecule has 26 heavy (non-hydrogen) atoms. The molecule has 0 unspecified atom stereocenters. The number of nitrogens with zero attached hydrogens (tertiary/aromatic N) is 3. The molecule has 1 heterocycles. The quantitative estimate of drug-likeness (QED) is 0.535. The number of carbonyl (C=O) groups is 1. The zero-order chi connectivity index (χ0) is 19.1. The first-order valence-corrected chi connectivity index (χ1v) is 7.58. The standard InChI is InChI=1S/C16H17F2N7O/c1-21-10-3-2-4-11(6-10)24-15-12(14(20)26)8-23-16(25-15)22-7-9(19)5-13(17)18/h2-4,6,8-9,13H,5,7,19H2,(H2,20,26)(H2,22,23,24,25)/t9-/m0/s1. The predicted molar refractivity (Wildman–Crippen MR) is 93.6 cm³/mol. The number of hydrogen-bond acceptors (Lipinski definition) is 6. The summed E-state index contributed by atoms with van der Waals surface area (Å²) in [5.74, 6) is -0.516. The fourth-order valence-electron chi connectivity index (χ4n) is 2.07. The highest BCUT2D eigenvalue weighted by Gasteiger charge is 2.14. The van der Waals surface area contributed by atoms with Gasteiger partial charge in [-0.15, -0.1) is 0 Å². The van der Waals surface area contributed by atoms with Crippen LogP contribution in [0.25, 0.3) is 4.85 Å². The summed E-state index contributed by atoms with van der Waals surface area (Å²) in [6, 6.07) is 5.79. The van der Waals surface area contributed by atoms with E-state index in [1.54, 1.807) is 24.3 Å². The van der Waals surface area contributed by atoms with Gasteiger partial charge in [0.15, 0.2) is 5.69 Å². The van der Waals surface area contributed by atoms with E-state index in [0.29, 0.717) is 11.4 Å². The molecule has 1 aromatic heterocycles. The number of alkyl halides is 2. The Morgan fingerprint density at radius 2 is 2.15 bits per heavy atom. The highest BCUT2D eigenvalue weighted by Crippen LogP contribution is 2.23. The van der Waals surface area contributed by atoms with Crippen molar-refractivity contribution in [1.82, 2.24) is 9.97 Å². The van der Waals surface area contributed by atoms with E-state index in [1.165, 1.54) is 6.20 Å². The number of carbonyl (C=O) groups excluding carboxylic acids is 1. The lowest BCUT2D eigenvalue weighted by atomic mass is 10.2. The highest BCUT2D eigenvalue weighted by molar-refractivity contribution is 5.98. The Morgan fingerprint density at radius 1 is 1.38 bits per heavy atom. The molecule has 8 nitrogen and oxygen atoms in total. The molecule has 10 heteroatoms. The maximum atomic E-state index is 12.3. The summed E-state index contributed by atoms with van der Waals surface area (Å²) in [4.78, 5) is 23.0. The Labute approximate surface area is 148 Å². The number of primary amides is 1. The van der Waals surface area contributed by atoms with Gasteiger partial charge in [0.2, 0.25) is 12.4 Å². The topological polar surface area (TPSA) is 123 Å². The summed E-state index contributed by atoms with van der Waals surface area (Å²) in [5.41, 5.74) is 11.9. The average molecular weight is 361 g/mol. The summed E-state index contributed by atoms with van der Waals surface area (Å²) in [6.07, 6.45) is -1.74. The van der Waals surface area contributed by atoms with Crippen LogP contribution < -0.4 is 22.1 Å². The van der Waals surface area contributed by atoms with Crippen LogP contribution in [0.3, 0.4) is 0 Å². The van der Waals surface area contributed by atoms with E-state index in [-0.39, 0.29) is 23.9 Å². The minimum absolute atomic E-state index is 0.0346. The molecule has 0 aliphatic carbocycles. The molecule has 136 valence electrons. The number of halogens is 2. The zero-order valence-corrected chi connectivity index (χ0v) is 13.6. The van der Waals surface area contributed by atoms with Crippen LogP contribution in [0.15, 0.2) is 30.5 Å². The van der Waals surface area contributed by atoms with Crippen molar-refractivity contribution in [2.24, 2.45) is 11.5 Å². The fourth-order valence-corrected chi connectivity index (χ4v) is 2.07. The van der Waals surface area contributed by atoms with Crippen molar-refractivity contribution in [2.45, 2.75) is 18.9 Å². The van der Waals surface area contributed by atoms with Crippen molar-refractivity contribution < 1.29 is 13.6 Å². The SMILES string of the molecule is [C-]#[N+]c1cccc(Nc2nc(NC[C@@H](N)CC(F)F)ncc2C(N)=O)c1. The van der Waals surface area contributed by atoms with Crippen molar-refractivity contribution in [1.29, 1.82) is 0 Å². The minimum atomic E-state index is -2.50. The maximum absolute atomic E-state index is 12.3. The largest absolute Gasteiger partial charge is 0.365 e. The smallest absolute Gasteiger partial charge is 0.254 e. The van der Waals surface area contributed by atoms with E-state index in [4.69, 9.17) is 18.0 Å². The van der Waals surface area contributed by atoms with Crippen LogP contribution in [-0.2, 0) is 0 Å². The monoisotopic (exact) mass is 361 g/mol. The number of hydrogen-bond donors (Lipinski definition) is 4. The van der Waals surface area contributed by atoms with Crippen molar-refractivity contribution in [3.05, 3.63) is 47.4 Å². The van der Waals surface area contributed by atoms with Crippen LogP contribution in [0.1, 0.15) is 16.8 Å². The van der Waals surface area contributed by atoms with E-state index in [9.17, 15) is 13.6 Å². The third-order valence-corrected chi connectivity index (χ3v) is 3.30. The van der Waals surface area contributed by atoms with Gasteiger partial charge >= 0.3 is 0 Å². The normalized spacial score (nSPS) is 11.7. The van der Waals surface area contributed by atoms with Gasteiger partial charge < -0.3 is 22.1 Å². The fraction of sp³-hybridized carbons (Fsp3) is 0.250. The van der Waals surface area contributed by atoms with E-state index < -0.39 is 24.8 Å². The number of rotatable bonds is 8. The van der Waals surface area contributed by atoms with Gasteiger partial charge in [-0.3, -0.25) is 4.79 Å². The van der Waals surface area contributed by atoms with Crippen LogP contribution in [0.2, 0.25) is 0 Å². The number of anilines is 3. The molecule has 1 atom stereocenters. The molecule has 0 saturated heterocycles. The number of benzene rings is 1. The molecule has 1 amide bonds. The van der Waals surface area contributed by atoms with Gasteiger partial charge in [0.05, 0.1) is 6.57 Å². The average Bonchev–Trinajstić information content (AvgIpc) is 2.59. The molecule has 0 fully saturated rings. The number of nitrogens with two attached hydrogens (primary N) is 2.